The molecule has 2 aromatic rings. The molecule has 0 unspecified atom stereocenters. The zero-order valence-corrected chi connectivity index (χ0v) is 8.90. The van der Waals surface area contributed by atoms with Gasteiger partial charge >= 0.3 is 0 Å². The van der Waals surface area contributed by atoms with E-state index in [1.54, 1.807) is 0 Å². The monoisotopic (exact) mass is 198 g/mol. The number of hydrogen-bond acceptors (Lipinski definition) is 1. The number of rotatable bonds is 0. The van der Waals surface area contributed by atoms with Gasteiger partial charge in [0.05, 0.1) is 5.69 Å². The Bertz CT molecular complexity index is 497. The van der Waals surface area contributed by atoms with Crippen molar-refractivity contribution in [3.05, 3.63) is 41.7 Å². The van der Waals surface area contributed by atoms with E-state index in [9.17, 15) is 0 Å². The molecule has 0 fully saturated rings. The molecular weight excluding hydrogens is 184 g/mol. The van der Waals surface area contributed by atoms with Gasteiger partial charge in [0, 0.05) is 18.3 Å². The van der Waals surface area contributed by atoms with Crippen LogP contribution in [0.3, 0.4) is 0 Å². The van der Waals surface area contributed by atoms with E-state index in [-0.39, 0.29) is 0 Å². The fourth-order valence-corrected chi connectivity index (χ4v) is 2.33. The average molecular weight is 198 g/mol. The van der Waals surface area contributed by atoms with Gasteiger partial charge in [-0.05, 0) is 25.3 Å². The third kappa shape index (κ3) is 1.37. The maximum atomic E-state index is 4.62. The van der Waals surface area contributed by atoms with Crippen molar-refractivity contribution in [2.24, 2.45) is 0 Å². The van der Waals surface area contributed by atoms with Gasteiger partial charge in [0.15, 0.2) is 0 Å². The van der Waals surface area contributed by atoms with E-state index in [0.717, 1.165) is 18.1 Å². The van der Waals surface area contributed by atoms with Crippen molar-refractivity contribution in [2.75, 3.05) is 0 Å². The molecule has 1 aliphatic heterocycles. The van der Waals surface area contributed by atoms with Crippen molar-refractivity contribution in [3.63, 3.8) is 0 Å². The molecule has 0 spiro atoms. The van der Waals surface area contributed by atoms with E-state index in [1.165, 1.54) is 24.0 Å². The van der Waals surface area contributed by atoms with E-state index in [1.807, 2.05) is 0 Å². The molecule has 3 rings (SSSR count). The quantitative estimate of drug-likeness (QED) is 0.636. The molecule has 1 aromatic heterocycles. The first-order valence-electron chi connectivity index (χ1n) is 5.46. The Hall–Kier alpha value is -1.57. The average Bonchev–Trinajstić information content (AvgIpc) is 2.52. The summed E-state index contributed by atoms with van der Waals surface area (Å²) >= 11 is 0. The number of fused-ring (bicyclic) bond motifs is 3. The maximum absolute atomic E-state index is 4.62. The summed E-state index contributed by atoms with van der Waals surface area (Å²) in [5.41, 5.74) is 3.85. The smallest absolute Gasteiger partial charge is 0.140 e. The third-order valence-corrected chi connectivity index (χ3v) is 3.00. The highest BCUT2D eigenvalue weighted by molar-refractivity contribution is 5.61. The molecule has 2 heterocycles. The highest BCUT2D eigenvalue weighted by Crippen LogP contribution is 2.27. The van der Waals surface area contributed by atoms with Gasteiger partial charge in [0.2, 0.25) is 0 Å². The molecule has 0 bridgehead atoms. The number of benzene rings is 1. The molecule has 76 valence electrons. The lowest BCUT2D eigenvalue weighted by Crippen LogP contribution is -1.95. The third-order valence-electron chi connectivity index (χ3n) is 3.00. The zero-order valence-electron chi connectivity index (χ0n) is 8.90. The van der Waals surface area contributed by atoms with Gasteiger partial charge in [-0.15, -0.1) is 0 Å². The largest absolute Gasteiger partial charge is 0.331 e. The van der Waals surface area contributed by atoms with Gasteiger partial charge in [0.1, 0.15) is 5.82 Å². The van der Waals surface area contributed by atoms with Crippen molar-refractivity contribution in [1.82, 2.24) is 9.55 Å². The summed E-state index contributed by atoms with van der Waals surface area (Å²) in [6, 6.07) is 8.61. The van der Waals surface area contributed by atoms with E-state index < -0.39 is 0 Å². The molecule has 0 radical (unpaired) electrons. The first-order valence-corrected chi connectivity index (χ1v) is 5.46. The number of hydrogen-bond donors (Lipinski definition) is 0. The van der Waals surface area contributed by atoms with Crippen LogP contribution in [0.15, 0.2) is 30.5 Å². The summed E-state index contributed by atoms with van der Waals surface area (Å²) in [7, 11) is 0. The van der Waals surface area contributed by atoms with E-state index in [2.05, 4.69) is 46.9 Å². The van der Waals surface area contributed by atoms with Crippen LogP contribution in [0.5, 0.6) is 0 Å². The summed E-state index contributed by atoms with van der Waals surface area (Å²) in [6.45, 7) is 3.15. The second kappa shape index (κ2) is 3.23. The van der Waals surface area contributed by atoms with Gasteiger partial charge in [-0.1, -0.05) is 24.3 Å². The predicted octanol–water partition coefficient (Wildman–Crippen LogP) is 2.80. The van der Waals surface area contributed by atoms with Gasteiger partial charge in [-0.25, -0.2) is 4.98 Å². The second-order valence-corrected chi connectivity index (χ2v) is 4.16. The lowest BCUT2D eigenvalue weighted by atomic mass is 10.0. The van der Waals surface area contributed by atoms with E-state index in [4.69, 9.17) is 0 Å². The summed E-state index contributed by atoms with van der Waals surface area (Å²) in [4.78, 5) is 4.62. The van der Waals surface area contributed by atoms with Crippen LogP contribution in [0.2, 0.25) is 0 Å². The Morgan fingerprint density at radius 2 is 2.13 bits per heavy atom. The van der Waals surface area contributed by atoms with Crippen LogP contribution in [-0.4, -0.2) is 9.55 Å². The van der Waals surface area contributed by atoms with Crippen LogP contribution in [-0.2, 0) is 13.0 Å². The zero-order chi connectivity index (χ0) is 10.3. The molecule has 0 amide bonds. The van der Waals surface area contributed by atoms with Gasteiger partial charge in [-0.3, -0.25) is 0 Å². The Morgan fingerprint density at radius 3 is 3.07 bits per heavy atom. The van der Waals surface area contributed by atoms with E-state index in [0.29, 0.717) is 0 Å². The van der Waals surface area contributed by atoms with Crippen LogP contribution < -0.4 is 0 Å². The van der Waals surface area contributed by atoms with Crippen molar-refractivity contribution in [2.45, 2.75) is 26.3 Å². The molecular formula is C13H14N2. The molecule has 2 nitrogen and oxygen atoms in total. The van der Waals surface area contributed by atoms with Crippen molar-refractivity contribution in [1.29, 1.82) is 0 Å². The first kappa shape index (κ1) is 8.72. The van der Waals surface area contributed by atoms with E-state index >= 15 is 0 Å². The van der Waals surface area contributed by atoms with Crippen molar-refractivity contribution >= 4 is 0 Å². The normalized spacial score (nSPS) is 14.2. The molecule has 0 saturated carbocycles. The van der Waals surface area contributed by atoms with Crippen LogP contribution >= 0.6 is 0 Å². The van der Waals surface area contributed by atoms with Crippen LogP contribution in [0.1, 0.15) is 17.7 Å². The number of aryl methyl sites for hydroxylation is 3. The molecule has 0 saturated heterocycles. The lowest BCUT2D eigenvalue weighted by molar-refractivity contribution is 0.661. The number of imidazole rings is 1. The molecule has 2 heteroatoms. The summed E-state index contributed by atoms with van der Waals surface area (Å²) in [6.07, 6.45) is 4.52. The van der Waals surface area contributed by atoms with Crippen molar-refractivity contribution < 1.29 is 0 Å². The van der Waals surface area contributed by atoms with Crippen LogP contribution in [0.4, 0.5) is 0 Å². The first-order chi connectivity index (χ1) is 7.34. The molecule has 15 heavy (non-hydrogen) atoms. The number of aromatic nitrogens is 2. The Labute approximate surface area is 89.6 Å². The maximum Gasteiger partial charge on any atom is 0.140 e. The summed E-state index contributed by atoms with van der Waals surface area (Å²) in [5.74, 6) is 1.14. The lowest BCUT2D eigenvalue weighted by Gasteiger charge is -2.04. The highest BCUT2D eigenvalue weighted by atomic mass is 15.1. The number of nitrogens with zero attached hydrogens (tertiary/aromatic N) is 2. The second-order valence-electron chi connectivity index (χ2n) is 4.16. The SMILES string of the molecule is Cc1cn2c(n1)-c1ccccc1CCC2. The standard InChI is InChI=1S/C13H14N2/c1-10-9-15-8-4-6-11-5-2-3-7-12(11)13(15)14-10/h2-3,5,7,9H,4,6,8H2,1H3. The van der Waals surface area contributed by atoms with Gasteiger partial charge < -0.3 is 4.57 Å². The molecule has 0 N–H and O–H groups in total. The van der Waals surface area contributed by atoms with Gasteiger partial charge in [0.25, 0.3) is 0 Å². The predicted molar refractivity (Wildman–Crippen MR) is 60.7 cm³/mol. The molecule has 0 aliphatic carbocycles. The molecule has 0 atom stereocenters. The fourth-order valence-electron chi connectivity index (χ4n) is 2.33. The van der Waals surface area contributed by atoms with Crippen LogP contribution in [0, 0.1) is 6.92 Å². The van der Waals surface area contributed by atoms with Gasteiger partial charge in [-0.2, -0.15) is 0 Å². The van der Waals surface area contributed by atoms with Crippen molar-refractivity contribution in [3.8, 4) is 11.4 Å². The minimum absolute atomic E-state index is 1.09. The molecule has 1 aromatic carbocycles. The summed E-state index contributed by atoms with van der Waals surface area (Å²) < 4.78 is 2.28. The Balaban J connectivity index is 2.26. The molecule has 1 aliphatic rings. The van der Waals surface area contributed by atoms with Crippen LogP contribution in [0.25, 0.3) is 11.4 Å². The topological polar surface area (TPSA) is 17.8 Å². The Morgan fingerprint density at radius 1 is 1.27 bits per heavy atom. The summed E-state index contributed by atoms with van der Waals surface area (Å²) in [5, 5.41) is 0. The fraction of sp³-hybridized carbons (Fsp3) is 0.308. The minimum Gasteiger partial charge on any atom is -0.331 e. The highest BCUT2D eigenvalue weighted by Gasteiger charge is 2.14. The minimum atomic E-state index is 1.09. The Kier molecular flexibility index (Phi) is 1.88.